The van der Waals surface area contributed by atoms with Crippen molar-refractivity contribution in [1.29, 1.82) is 0 Å². The van der Waals surface area contributed by atoms with E-state index in [0.29, 0.717) is 18.4 Å². The Morgan fingerprint density at radius 1 is 0.882 bits per heavy atom. The molecule has 0 bridgehead atoms. The average molecular weight is 496 g/mol. The van der Waals surface area contributed by atoms with Gasteiger partial charge in [0.05, 0.1) is 0 Å². The molecule has 1 amide bonds. The largest absolute Gasteiger partial charge is 0.358 e. The lowest BCUT2D eigenvalue weighted by Crippen LogP contribution is -2.46. The molecule has 2 saturated heterocycles. The Hall–Kier alpha value is -2.11. The molecule has 0 aromatic heterocycles. The van der Waals surface area contributed by atoms with Gasteiger partial charge < -0.3 is 15.1 Å². The van der Waals surface area contributed by atoms with Gasteiger partial charge in [-0.15, -0.1) is 0 Å². The van der Waals surface area contributed by atoms with E-state index in [1.165, 1.54) is 18.4 Å². The van der Waals surface area contributed by atoms with E-state index in [1.54, 1.807) is 0 Å². The molecule has 3 fully saturated rings. The number of hydrogen-bond donors (Lipinski definition) is 1. The average Bonchev–Trinajstić information content (AvgIpc) is 3.69. The fourth-order valence-corrected chi connectivity index (χ4v) is 6.32. The van der Waals surface area contributed by atoms with Gasteiger partial charge in [-0.3, -0.25) is 4.79 Å². The summed E-state index contributed by atoms with van der Waals surface area (Å²) in [7, 11) is 0. The molecule has 1 aliphatic carbocycles. The molecule has 2 aromatic rings. The van der Waals surface area contributed by atoms with Crippen molar-refractivity contribution < 1.29 is 4.79 Å². The number of piperidine rings is 2. The fourth-order valence-electron chi connectivity index (χ4n) is 5.86. The maximum atomic E-state index is 13.0. The van der Waals surface area contributed by atoms with Gasteiger partial charge in [-0.1, -0.05) is 60.1 Å². The van der Waals surface area contributed by atoms with Crippen LogP contribution < -0.4 is 5.32 Å². The Balaban J connectivity index is 1.03. The lowest BCUT2D eigenvalue weighted by atomic mass is 9.79. The third kappa shape index (κ3) is 5.41. The zero-order chi connectivity index (χ0) is 23.5. The summed E-state index contributed by atoms with van der Waals surface area (Å²) in [6.07, 6.45) is 5.69. The van der Waals surface area contributed by atoms with Gasteiger partial charge in [-0.25, -0.2) is 0 Å². The Labute approximate surface area is 213 Å². The number of thiocarbonyl (C=S) groups is 1. The Morgan fingerprint density at radius 2 is 1.47 bits per heavy atom. The van der Waals surface area contributed by atoms with Crippen molar-refractivity contribution >= 4 is 34.8 Å². The first-order valence-corrected chi connectivity index (χ1v) is 13.5. The minimum Gasteiger partial charge on any atom is -0.358 e. The summed E-state index contributed by atoms with van der Waals surface area (Å²) < 4.78 is 0. The van der Waals surface area contributed by atoms with Crippen LogP contribution in [0, 0.1) is 17.8 Å². The first-order valence-electron chi connectivity index (χ1n) is 12.7. The third-order valence-corrected chi connectivity index (χ3v) is 8.84. The summed E-state index contributed by atoms with van der Waals surface area (Å²) in [6, 6.07) is 18.4. The number of likely N-dealkylation sites (tertiary alicyclic amines) is 2. The molecule has 180 valence electrons. The number of hydrogen-bond acceptors (Lipinski definition) is 2. The zero-order valence-electron chi connectivity index (χ0n) is 19.7. The van der Waals surface area contributed by atoms with E-state index in [4.69, 9.17) is 23.8 Å². The van der Waals surface area contributed by atoms with Crippen molar-refractivity contribution in [2.24, 2.45) is 17.8 Å². The highest BCUT2D eigenvalue weighted by Gasteiger charge is 2.46. The van der Waals surface area contributed by atoms with Crippen LogP contribution in [-0.4, -0.2) is 47.0 Å². The number of benzene rings is 2. The Morgan fingerprint density at radius 3 is 2.12 bits per heavy atom. The summed E-state index contributed by atoms with van der Waals surface area (Å²) in [5.41, 5.74) is 2.39. The Bertz CT molecular complexity index is 1000. The molecule has 4 nitrogen and oxygen atoms in total. The molecule has 2 aliphatic heterocycles. The lowest BCUT2D eigenvalue weighted by molar-refractivity contribution is -0.134. The minimum absolute atomic E-state index is 0.210. The summed E-state index contributed by atoms with van der Waals surface area (Å²) >= 11 is 11.9. The van der Waals surface area contributed by atoms with Crippen molar-refractivity contribution in [3.05, 3.63) is 70.7 Å². The topological polar surface area (TPSA) is 35.6 Å². The predicted octanol–water partition coefficient (Wildman–Crippen LogP) is 5.47. The van der Waals surface area contributed by atoms with Gasteiger partial charge in [0.15, 0.2) is 5.11 Å². The molecule has 2 heterocycles. The zero-order valence-corrected chi connectivity index (χ0v) is 21.2. The van der Waals surface area contributed by atoms with Crippen LogP contribution in [0.15, 0.2) is 54.6 Å². The van der Waals surface area contributed by atoms with E-state index in [9.17, 15) is 4.79 Å². The van der Waals surface area contributed by atoms with E-state index in [-0.39, 0.29) is 5.92 Å². The quantitative estimate of drug-likeness (QED) is 0.558. The molecule has 2 unspecified atom stereocenters. The van der Waals surface area contributed by atoms with Gasteiger partial charge in [0.2, 0.25) is 5.91 Å². The van der Waals surface area contributed by atoms with Crippen LogP contribution in [0.25, 0.3) is 0 Å². The monoisotopic (exact) mass is 495 g/mol. The molecule has 1 N–H and O–H groups in total. The van der Waals surface area contributed by atoms with E-state index in [0.717, 1.165) is 73.0 Å². The molecule has 2 aromatic carbocycles. The molecule has 34 heavy (non-hydrogen) atoms. The second-order valence-electron chi connectivity index (χ2n) is 10.1. The smallest absolute Gasteiger partial charge is 0.226 e. The molecule has 3 aliphatic rings. The van der Waals surface area contributed by atoms with Gasteiger partial charge in [0.1, 0.15) is 0 Å². The second kappa shape index (κ2) is 10.7. The van der Waals surface area contributed by atoms with Crippen molar-refractivity contribution in [3.8, 4) is 0 Å². The standard InChI is InChI=1S/C28H34ClN3OS/c29-26-9-5-4-8-23(26)19-30-28(34)32-16-12-21(13-17-32)20-10-14-31(15-11-20)27(33)25-18-24(25)22-6-2-1-3-7-22/h1-9,20-21,24-25H,10-19H2,(H,30,34). The van der Waals surface area contributed by atoms with Gasteiger partial charge in [0, 0.05) is 43.7 Å². The van der Waals surface area contributed by atoms with Gasteiger partial charge in [0.25, 0.3) is 0 Å². The van der Waals surface area contributed by atoms with E-state index in [2.05, 4.69) is 39.4 Å². The maximum absolute atomic E-state index is 13.0. The molecule has 6 heteroatoms. The molecule has 0 spiro atoms. The molecule has 0 radical (unpaired) electrons. The predicted molar refractivity (Wildman–Crippen MR) is 142 cm³/mol. The number of halogens is 1. The van der Waals surface area contributed by atoms with Crippen molar-refractivity contribution in [1.82, 2.24) is 15.1 Å². The van der Waals surface area contributed by atoms with Crippen LogP contribution >= 0.6 is 23.8 Å². The van der Waals surface area contributed by atoms with Crippen molar-refractivity contribution in [2.45, 2.75) is 44.6 Å². The first-order chi connectivity index (χ1) is 16.6. The van der Waals surface area contributed by atoms with Crippen LogP contribution in [0.5, 0.6) is 0 Å². The minimum atomic E-state index is 0.210. The van der Waals surface area contributed by atoms with Gasteiger partial charge >= 0.3 is 0 Å². The normalized spacial score (nSPS) is 23.6. The Kier molecular flexibility index (Phi) is 7.40. The van der Waals surface area contributed by atoms with E-state index >= 15 is 0 Å². The highest BCUT2D eigenvalue weighted by atomic mass is 35.5. The van der Waals surface area contributed by atoms with E-state index in [1.807, 2.05) is 30.3 Å². The second-order valence-corrected chi connectivity index (χ2v) is 10.9. The third-order valence-electron chi connectivity index (χ3n) is 8.07. The van der Waals surface area contributed by atoms with Crippen molar-refractivity contribution in [3.63, 3.8) is 0 Å². The van der Waals surface area contributed by atoms with Crippen LogP contribution in [0.2, 0.25) is 5.02 Å². The number of carbonyl (C=O) groups is 1. The maximum Gasteiger partial charge on any atom is 0.226 e. The van der Waals surface area contributed by atoms with E-state index < -0.39 is 0 Å². The summed E-state index contributed by atoms with van der Waals surface area (Å²) in [5.74, 6) is 2.52. The number of amides is 1. The van der Waals surface area contributed by atoms with Crippen molar-refractivity contribution in [2.75, 3.05) is 26.2 Å². The highest BCUT2D eigenvalue weighted by Crippen LogP contribution is 2.48. The number of nitrogens with zero attached hydrogens (tertiary/aromatic N) is 2. The SMILES string of the molecule is O=C(C1CC1c1ccccc1)N1CCC(C2CCN(C(=S)NCc3ccccc3Cl)CC2)CC1. The fraction of sp³-hybridized carbons (Fsp3) is 0.500. The van der Waals surface area contributed by atoms with Crippen LogP contribution in [0.3, 0.4) is 0 Å². The van der Waals surface area contributed by atoms with Crippen LogP contribution in [-0.2, 0) is 11.3 Å². The van der Waals surface area contributed by atoms with Gasteiger partial charge in [-0.2, -0.15) is 0 Å². The van der Waals surface area contributed by atoms with Crippen LogP contribution in [0.4, 0.5) is 0 Å². The van der Waals surface area contributed by atoms with Crippen LogP contribution in [0.1, 0.15) is 49.1 Å². The highest BCUT2D eigenvalue weighted by molar-refractivity contribution is 7.80. The molecule has 1 saturated carbocycles. The molecular weight excluding hydrogens is 462 g/mol. The molecule has 2 atom stereocenters. The summed E-state index contributed by atoms with van der Waals surface area (Å²) in [4.78, 5) is 17.5. The number of carbonyl (C=O) groups excluding carboxylic acids is 1. The number of rotatable bonds is 5. The molecule has 5 rings (SSSR count). The summed E-state index contributed by atoms with van der Waals surface area (Å²) in [5, 5.41) is 4.99. The summed E-state index contributed by atoms with van der Waals surface area (Å²) in [6.45, 7) is 4.55. The lowest BCUT2D eigenvalue weighted by Gasteiger charge is -2.41. The number of nitrogens with one attached hydrogen (secondary N) is 1. The first kappa shape index (κ1) is 23.6. The molecular formula is C28H34ClN3OS. The van der Waals surface area contributed by atoms with Gasteiger partial charge in [-0.05, 0) is 79.3 Å².